The lowest BCUT2D eigenvalue weighted by Crippen LogP contribution is -2.40. The Labute approximate surface area is 74.2 Å². The van der Waals surface area contributed by atoms with E-state index in [2.05, 4.69) is 15.3 Å². The minimum absolute atomic E-state index is 0.257. The van der Waals surface area contributed by atoms with Gasteiger partial charge in [-0.05, 0) is 13.3 Å². The molecule has 70 valence electrons. The Bertz CT molecular complexity index is 432. The third-order valence-electron chi connectivity index (χ3n) is 2.27. The number of hydrogen-bond donors (Lipinski definition) is 3. The molecule has 0 spiro atoms. The second-order valence-corrected chi connectivity index (χ2v) is 3.35. The van der Waals surface area contributed by atoms with Gasteiger partial charge in [0.1, 0.15) is 0 Å². The van der Waals surface area contributed by atoms with E-state index in [4.69, 9.17) is 0 Å². The van der Waals surface area contributed by atoms with Gasteiger partial charge in [-0.3, -0.25) is 9.78 Å². The van der Waals surface area contributed by atoms with Crippen molar-refractivity contribution in [3.63, 3.8) is 0 Å². The highest BCUT2D eigenvalue weighted by molar-refractivity contribution is 5.19. The van der Waals surface area contributed by atoms with Gasteiger partial charge in [-0.15, -0.1) is 0 Å². The zero-order valence-electron chi connectivity index (χ0n) is 7.31. The number of hydrogen-bond acceptors (Lipinski definition) is 3. The van der Waals surface area contributed by atoms with Crippen LogP contribution in [0.15, 0.2) is 9.59 Å². The maximum absolute atomic E-state index is 11.3. The first-order valence-corrected chi connectivity index (χ1v) is 4.24. The molecule has 0 fully saturated rings. The van der Waals surface area contributed by atoms with E-state index in [0.717, 1.165) is 0 Å². The van der Waals surface area contributed by atoms with Crippen LogP contribution >= 0.6 is 0 Å². The lowest BCUT2D eigenvalue weighted by Gasteiger charge is -2.21. The van der Waals surface area contributed by atoms with Crippen LogP contribution in [0.5, 0.6) is 0 Å². The van der Waals surface area contributed by atoms with Gasteiger partial charge in [0.25, 0.3) is 5.56 Å². The molecule has 0 amide bonds. The van der Waals surface area contributed by atoms with Crippen molar-refractivity contribution in [3.8, 4) is 0 Å². The van der Waals surface area contributed by atoms with Crippen LogP contribution in [-0.2, 0) is 13.0 Å². The summed E-state index contributed by atoms with van der Waals surface area (Å²) in [7, 11) is 0. The molecule has 0 unspecified atom stereocenters. The van der Waals surface area contributed by atoms with Crippen molar-refractivity contribution in [2.45, 2.75) is 25.9 Å². The summed E-state index contributed by atoms with van der Waals surface area (Å²) in [6, 6.07) is 0.291. The van der Waals surface area contributed by atoms with E-state index in [9.17, 15) is 9.59 Å². The number of H-pyrrole nitrogens is 2. The molecule has 1 aromatic rings. The first kappa shape index (κ1) is 8.25. The molecule has 5 heteroatoms. The molecule has 1 aliphatic heterocycles. The van der Waals surface area contributed by atoms with Gasteiger partial charge in [-0.2, -0.15) is 0 Å². The van der Waals surface area contributed by atoms with Crippen molar-refractivity contribution in [2.24, 2.45) is 0 Å². The molecule has 1 atom stereocenters. The average Bonchev–Trinajstić information content (AvgIpc) is 2.06. The van der Waals surface area contributed by atoms with Gasteiger partial charge in [-0.1, -0.05) is 0 Å². The first-order chi connectivity index (χ1) is 6.16. The maximum Gasteiger partial charge on any atom is 0.325 e. The summed E-state index contributed by atoms with van der Waals surface area (Å²) in [5.74, 6) is 0. The van der Waals surface area contributed by atoms with Crippen molar-refractivity contribution in [1.82, 2.24) is 15.3 Å². The number of aromatic nitrogens is 2. The topological polar surface area (TPSA) is 77.8 Å². The van der Waals surface area contributed by atoms with Crippen molar-refractivity contribution < 1.29 is 0 Å². The van der Waals surface area contributed by atoms with Crippen LogP contribution in [0.25, 0.3) is 0 Å². The van der Waals surface area contributed by atoms with Gasteiger partial charge in [0, 0.05) is 23.8 Å². The second-order valence-electron chi connectivity index (χ2n) is 3.35. The fourth-order valence-corrected chi connectivity index (χ4v) is 1.58. The molecule has 0 saturated heterocycles. The summed E-state index contributed by atoms with van der Waals surface area (Å²) in [5.41, 5.74) is 0.727. The Balaban J connectivity index is 2.60. The second kappa shape index (κ2) is 2.85. The average molecular weight is 181 g/mol. The number of rotatable bonds is 0. The number of fused-ring (bicyclic) bond motifs is 1. The third kappa shape index (κ3) is 1.42. The monoisotopic (exact) mass is 181 g/mol. The fraction of sp³-hybridized carbons (Fsp3) is 0.500. The van der Waals surface area contributed by atoms with Crippen LogP contribution < -0.4 is 16.6 Å². The van der Waals surface area contributed by atoms with E-state index in [1.54, 1.807) is 0 Å². The third-order valence-corrected chi connectivity index (χ3v) is 2.27. The zero-order valence-corrected chi connectivity index (χ0v) is 7.31. The van der Waals surface area contributed by atoms with Crippen LogP contribution in [0.2, 0.25) is 0 Å². The van der Waals surface area contributed by atoms with E-state index in [0.29, 0.717) is 30.3 Å². The van der Waals surface area contributed by atoms with Crippen molar-refractivity contribution in [3.05, 3.63) is 32.1 Å². The molecule has 0 bridgehead atoms. The standard InChI is InChI=1S/C8H11N3O2/c1-4-2-5-6(3-9-4)10-8(13)11-7(5)12/h4,9H,2-3H2,1H3,(H2,10,11,12,13)/t4-/m1/s1. The Morgan fingerprint density at radius 2 is 2.08 bits per heavy atom. The summed E-state index contributed by atoms with van der Waals surface area (Å²) in [5, 5.41) is 3.17. The van der Waals surface area contributed by atoms with Crippen molar-refractivity contribution in [1.29, 1.82) is 0 Å². The Morgan fingerprint density at radius 3 is 2.85 bits per heavy atom. The predicted molar refractivity (Wildman–Crippen MR) is 47.7 cm³/mol. The summed E-state index contributed by atoms with van der Waals surface area (Å²) in [4.78, 5) is 27.1. The van der Waals surface area contributed by atoms with Gasteiger partial charge in [-0.25, -0.2) is 4.79 Å². The Hall–Kier alpha value is -1.36. The molecule has 0 aromatic carbocycles. The highest BCUT2D eigenvalue weighted by atomic mass is 16.2. The van der Waals surface area contributed by atoms with Gasteiger partial charge in [0.2, 0.25) is 0 Å². The quantitative estimate of drug-likeness (QED) is 0.485. The Kier molecular flexibility index (Phi) is 1.81. The van der Waals surface area contributed by atoms with Crippen molar-refractivity contribution in [2.75, 3.05) is 0 Å². The van der Waals surface area contributed by atoms with E-state index < -0.39 is 5.69 Å². The lowest BCUT2D eigenvalue weighted by molar-refractivity contribution is 0.498. The van der Waals surface area contributed by atoms with E-state index in [1.807, 2.05) is 6.92 Å². The summed E-state index contributed by atoms with van der Waals surface area (Å²) >= 11 is 0. The number of nitrogens with one attached hydrogen (secondary N) is 3. The molecular weight excluding hydrogens is 170 g/mol. The first-order valence-electron chi connectivity index (χ1n) is 4.24. The normalized spacial score (nSPS) is 21.2. The van der Waals surface area contributed by atoms with E-state index in [1.165, 1.54) is 0 Å². The van der Waals surface area contributed by atoms with Gasteiger partial charge < -0.3 is 10.3 Å². The lowest BCUT2D eigenvalue weighted by atomic mass is 10.0. The predicted octanol–water partition coefficient (Wildman–Crippen LogP) is -0.903. The molecule has 1 aromatic heterocycles. The SMILES string of the molecule is C[C@@H]1Cc2c([nH]c(=O)[nH]c2=O)CN1. The van der Waals surface area contributed by atoms with E-state index >= 15 is 0 Å². The van der Waals surface area contributed by atoms with Gasteiger partial charge in [0.05, 0.1) is 0 Å². The smallest absolute Gasteiger partial charge is 0.310 e. The molecule has 2 rings (SSSR count). The van der Waals surface area contributed by atoms with Crippen LogP contribution in [0.3, 0.4) is 0 Å². The van der Waals surface area contributed by atoms with Crippen LogP contribution in [0.1, 0.15) is 18.2 Å². The molecule has 13 heavy (non-hydrogen) atoms. The van der Waals surface area contributed by atoms with Crippen LogP contribution in [0, 0.1) is 0 Å². The number of aromatic amines is 2. The Morgan fingerprint density at radius 1 is 1.31 bits per heavy atom. The summed E-state index contributed by atoms with van der Waals surface area (Å²) in [6.07, 6.45) is 0.668. The molecule has 0 aliphatic carbocycles. The summed E-state index contributed by atoms with van der Waals surface area (Å²) < 4.78 is 0. The highest BCUT2D eigenvalue weighted by Gasteiger charge is 2.17. The molecule has 0 saturated carbocycles. The molecule has 1 aliphatic rings. The largest absolute Gasteiger partial charge is 0.325 e. The van der Waals surface area contributed by atoms with Gasteiger partial charge >= 0.3 is 5.69 Å². The van der Waals surface area contributed by atoms with Gasteiger partial charge in [0.15, 0.2) is 0 Å². The molecule has 3 N–H and O–H groups in total. The highest BCUT2D eigenvalue weighted by Crippen LogP contribution is 2.07. The van der Waals surface area contributed by atoms with Crippen LogP contribution in [-0.4, -0.2) is 16.0 Å². The summed E-state index contributed by atoms with van der Waals surface area (Å²) in [6.45, 7) is 2.57. The minimum atomic E-state index is -0.430. The maximum atomic E-state index is 11.3. The van der Waals surface area contributed by atoms with Crippen LogP contribution in [0.4, 0.5) is 0 Å². The van der Waals surface area contributed by atoms with E-state index in [-0.39, 0.29) is 5.56 Å². The molecular formula is C8H11N3O2. The molecule has 0 radical (unpaired) electrons. The minimum Gasteiger partial charge on any atom is -0.310 e. The zero-order chi connectivity index (χ0) is 9.42. The molecule has 5 nitrogen and oxygen atoms in total. The molecule has 2 heterocycles. The fourth-order valence-electron chi connectivity index (χ4n) is 1.58. The van der Waals surface area contributed by atoms with Crippen molar-refractivity contribution >= 4 is 0 Å².